The molecule has 0 aliphatic carbocycles. The largest absolute Gasteiger partial charge is 0.480 e. The van der Waals surface area contributed by atoms with Crippen LogP contribution in [0.4, 0.5) is 0 Å². The Morgan fingerprint density at radius 1 is 1.19 bits per heavy atom. The van der Waals surface area contributed by atoms with Crippen LogP contribution in [0.2, 0.25) is 0 Å². The summed E-state index contributed by atoms with van der Waals surface area (Å²) in [6, 6.07) is 5.30. The highest BCUT2D eigenvalue weighted by atomic mass is 32.2. The SMILES string of the molecule is CCCCCCCCS(=O)C(C)Cc1ccc2c(c1)OCO2.CSCSCC(N)C(=O)O. The van der Waals surface area contributed by atoms with Crippen LogP contribution in [0.15, 0.2) is 18.2 Å². The van der Waals surface area contributed by atoms with Gasteiger partial charge in [0.2, 0.25) is 6.79 Å². The summed E-state index contributed by atoms with van der Waals surface area (Å²) in [5, 5.41) is 9.43. The van der Waals surface area contributed by atoms with Gasteiger partial charge >= 0.3 is 5.97 Å². The van der Waals surface area contributed by atoms with Crippen molar-refractivity contribution < 1.29 is 23.6 Å². The molecule has 184 valence electrons. The standard InChI is InChI=1S/C18H28O3S.C5H11NO2S2/c1-3-4-5-6-7-8-11-22(19)15(2)12-16-9-10-17-18(13-16)21-14-20-17;1-9-3-10-2-4(6)5(7)8/h9-10,13,15H,3-8,11-12,14H2,1-2H3;4H,2-3,6H2,1H3,(H,7,8). The van der Waals surface area contributed by atoms with Crippen LogP contribution in [0.5, 0.6) is 11.5 Å². The molecule has 0 aromatic heterocycles. The van der Waals surface area contributed by atoms with Crippen LogP contribution in [-0.4, -0.2) is 56.2 Å². The molecule has 3 unspecified atom stereocenters. The van der Waals surface area contributed by atoms with Gasteiger partial charge in [0.05, 0.1) is 0 Å². The summed E-state index contributed by atoms with van der Waals surface area (Å²) in [5.74, 6) is 2.03. The number of unbranched alkanes of at least 4 members (excludes halogenated alkanes) is 5. The number of fused-ring (bicyclic) bond motifs is 1. The lowest BCUT2D eigenvalue weighted by Crippen LogP contribution is -2.32. The Kier molecular flexibility index (Phi) is 16.0. The molecule has 0 fully saturated rings. The van der Waals surface area contributed by atoms with Gasteiger partial charge in [0.15, 0.2) is 11.5 Å². The summed E-state index contributed by atoms with van der Waals surface area (Å²) >= 11 is 3.22. The van der Waals surface area contributed by atoms with Crippen molar-refractivity contribution in [2.75, 3.05) is 29.6 Å². The Labute approximate surface area is 204 Å². The Bertz CT molecular complexity index is 690. The Morgan fingerprint density at radius 3 is 2.56 bits per heavy atom. The zero-order valence-electron chi connectivity index (χ0n) is 19.5. The summed E-state index contributed by atoms with van der Waals surface area (Å²) < 4.78 is 23.0. The van der Waals surface area contributed by atoms with Gasteiger partial charge in [0.1, 0.15) is 6.04 Å². The van der Waals surface area contributed by atoms with E-state index < -0.39 is 22.8 Å². The Morgan fingerprint density at radius 2 is 1.88 bits per heavy atom. The highest BCUT2D eigenvalue weighted by Gasteiger charge is 2.16. The first-order valence-corrected chi connectivity index (χ1v) is 15.1. The molecule has 1 aliphatic heterocycles. The normalized spacial score (nSPS) is 14.9. The number of aliphatic carboxylic acids is 1. The maximum Gasteiger partial charge on any atom is 0.321 e. The van der Waals surface area contributed by atoms with E-state index in [1.54, 1.807) is 23.5 Å². The zero-order valence-corrected chi connectivity index (χ0v) is 22.0. The van der Waals surface area contributed by atoms with Crippen LogP contribution in [0.1, 0.15) is 57.9 Å². The first-order valence-electron chi connectivity index (χ1n) is 11.2. The lowest BCUT2D eigenvalue weighted by Gasteiger charge is -2.12. The number of carbonyl (C=O) groups is 1. The molecule has 1 heterocycles. The first kappa shape index (κ1) is 29.1. The molecule has 0 bridgehead atoms. The number of rotatable bonds is 15. The van der Waals surface area contributed by atoms with Gasteiger partial charge in [-0.25, -0.2) is 0 Å². The van der Waals surface area contributed by atoms with Gasteiger partial charge in [-0.15, -0.1) is 11.8 Å². The smallest absolute Gasteiger partial charge is 0.321 e. The number of hydrogen-bond donors (Lipinski definition) is 2. The molecule has 6 nitrogen and oxygen atoms in total. The molecule has 1 aromatic carbocycles. The zero-order chi connectivity index (χ0) is 23.8. The quantitative estimate of drug-likeness (QED) is 0.256. The van der Waals surface area contributed by atoms with Crippen molar-refractivity contribution in [3.8, 4) is 11.5 Å². The Balaban J connectivity index is 0.000000433. The van der Waals surface area contributed by atoms with E-state index in [9.17, 15) is 9.00 Å². The highest BCUT2D eigenvalue weighted by Crippen LogP contribution is 2.33. The van der Waals surface area contributed by atoms with Gasteiger partial charge in [-0.3, -0.25) is 9.00 Å². The van der Waals surface area contributed by atoms with Crippen LogP contribution in [-0.2, 0) is 22.0 Å². The second kappa shape index (κ2) is 17.6. The number of ether oxygens (including phenoxy) is 2. The predicted molar refractivity (Wildman–Crippen MR) is 139 cm³/mol. The number of carboxylic acids is 1. The maximum absolute atomic E-state index is 12.3. The van der Waals surface area contributed by atoms with Gasteiger partial charge in [-0.05, 0) is 36.8 Å². The minimum Gasteiger partial charge on any atom is -0.480 e. The minimum atomic E-state index is -0.923. The fourth-order valence-electron chi connectivity index (χ4n) is 3.05. The van der Waals surface area contributed by atoms with E-state index in [0.29, 0.717) is 12.5 Å². The van der Waals surface area contributed by atoms with Crippen molar-refractivity contribution in [1.82, 2.24) is 0 Å². The average molecular weight is 506 g/mol. The molecule has 2 rings (SSSR count). The summed E-state index contributed by atoms with van der Waals surface area (Å²) in [5.41, 5.74) is 6.40. The fourth-order valence-corrected chi connectivity index (χ4v) is 5.77. The lowest BCUT2D eigenvalue weighted by molar-refractivity contribution is -0.137. The molecular weight excluding hydrogens is 466 g/mol. The topological polar surface area (TPSA) is 98.9 Å². The highest BCUT2D eigenvalue weighted by molar-refractivity contribution is 8.15. The molecule has 0 amide bonds. The van der Waals surface area contributed by atoms with Crippen LogP contribution in [0.3, 0.4) is 0 Å². The number of carboxylic acid groups (broad SMARTS) is 1. The molecule has 9 heteroatoms. The summed E-state index contributed by atoms with van der Waals surface area (Å²) in [7, 11) is -0.743. The molecule has 0 saturated carbocycles. The molecule has 32 heavy (non-hydrogen) atoms. The number of thioether (sulfide) groups is 2. The van der Waals surface area contributed by atoms with E-state index in [0.717, 1.165) is 35.2 Å². The first-order chi connectivity index (χ1) is 15.4. The van der Waals surface area contributed by atoms with Gasteiger partial charge in [-0.2, -0.15) is 11.8 Å². The van der Waals surface area contributed by atoms with Gasteiger partial charge < -0.3 is 20.3 Å². The second-order valence-corrected chi connectivity index (χ2v) is 12.0. The third-order valence-corrected chi connectivity index (χ3v) is 8.88. The minimum absolute atomic E-state index is 0.191. The van der Waals surface area contributed by atoms with E-state index in [4.69, 9.17) is 20.3 Å². The van der Waals surface area contributed by atoms with Crippen LogP contribution < -0.4 is 15.2 Å². The predicted octanol–water partition coefficient (Wildman–Crippen LogP) is 4.91. The van der Waals surface area contributed by atoms with Crippen LogP contribution >= 0.6 is 23.5 Å². The fraction of sp³-hybridized carbons (Fsp3) is 0.696. The second-order valence-electron chi connectivity index (χ2n) is 7.78. The number of hydrogen-bond acceptors (Lipinski definition) is 7. The van der Waals surface area contributed by atoms with E-state index in [1.807, 2.05) is 24.5 Å². The summed E-state index contributed by atoms with van der Waals surface area (Å²) in [4.78, 5) is 10.1. The molecule has 0 radical (unpaired) electrons. The van der Waals surface area contributed by atoms with Crippen molar-refractivity contribution in [2.45, 2.75) is 70.1 Å². The van der Waals surface area contributed by atoms with Crippen LogP contribution in [0.25, 0.3) is 0 Å². The van der Waals surface area contributed by atoms with E-state index >= 15 is 0 Å². The number of nitrogens with two attached hydrogens (primary N) is 1. The van der Waals surface area contributed by atoms with E-state index in [1.165, 1.54) is 37.7 Å². The van der Waals surface area contributed by atoms with Crippen molar-refractivity contribution >= 4 is 40.3 Å². The van der Waals surface area contributed by atoms with Crippen molar-refractivity contribution in [3.63, 3.8) is 0 Å². The van der Waals surface area contributed by atoms with Gasteiger partial charge in [0.25, 0.3) is 0 Å². The molecule has 3 atom stereocenters. The Hall–Kier alpha value is -0.900. The monoisotopic (exact) mass is 505 g/mol. The lowest BCUT2D eigenvalue weighted by atomic mass is 10.1. The van der Waals surface area contributed by atoms with Gasteiger partial charge in [0, 0.05) is 32.6 Å². The van der Waals surface area contributed by atoms with Crippen LogP contribution in [0, 0.1) is 0 Å². The third kappa shape index (κ3) is 12.4. The third-order valence-electron chi connectivity index (χ3n) is 4.92. The summed E-state index contributed by atoms with van der Waals surface area (Å²) in [6.07, 6.45) is 10.3. The van der Waals surface area contributed by atoms with Crippen molar-refractivity contribution in [2.24, 2.45) is 5.73 Å². The molecular formula is C23H39NO5S3. The molecule has 0 spiro atoms. The van der Waals surface area contributed by atoms with Gasteiger partial charge in [-0.1, -0.05) is 52.0 Å². The van der Waals surface area contributed by atoms with E-state index in [-0.39, 0.29) is 5.25 Å². The van der Waals surface area contributed by atoms with Crippen molar-refractivity contribution in [3.05, 3.63) is 23.8 Å². The number of benzene rings is 1. The molecule has 1 aromatic rings. The maximum atomic E-state index is 12.3. The molecule has 0 saturated heterocycles. The summed E-state index contributed by atoms with van der Waals surface area (Å²) in [6.45, 7) is 4.61. The molecule has 1 aliphatic rings. The average Bonchev–Trinajstić information content (AvgIpc) is 3.24. The van der Waals surface area contributed by atoms with Crippen molar-refractivity contribution in [1.29, 1.82) is 0 Å². The molecule has 3 N–H and O–H groups in total. The van der Waals surface area contributed by atoms with E-state index in [2.05, 4.69) is 13.8 Å².